The summed E-state index contributed by atoms with van der Waals surface area (Å²) < 4.78 is 12.9. The van der Waals surface area contributed by atoms with Crippen molar-refractivity contribution in [3.05, 3.63) is 35.1 Å². The van der Waals surface area contributed by atoms with E-state index in [9.17, 15) is 4.39 Å². The Balaban J connectivity index is 3.17. The largest absolute Gasteiger partial charge is 0.207 e. The van der Waals surface area contributed by atoms with Gasteiger partial charge >= 0.3 is 0 Å². The Morgan fingerprint density at radius 1 is 1.54 bits per heavy atom. The molecule has 13 heavy (non-hydrogen) atoms. The molecule has 0 spiro atoms. The van der Waals surface area contributed by atoms with Crippen molar-refractivity contribution >= 4 is 0 Å². The van der Waals surface area contributed by atoms with E-state index in [1.807, 2.05) is 6.92 Å². The number of hydrogen-bond acceptors (Lipinski definition) is 1. The first-order valence-corrected chi connectivity index (χ1v) is 4.37. The Labute approximate surface area is 77.8 Å². The second-order valence-corrected chi connectivity index (χ2v) is 3.05. The average molecular weight is 177 g/mol. The maximum absolute atomic E-state index is 12.9. The number of hydrogen-bond donors (Lipinski definition) is 0. The summed E-state index contributed by atoms with van der Waals surface area (Å²) in [4.78, 5) is 0. The van der Waals surface area contributed by atoms with E-state index in [2.05, 4.69) is 6.07 Å². The van der Waals surface area contributed by atoms with Crippen molar-refractivity contribution in [1.82, 2.24) is 0 Å². The number of aryl methyl sites for hydroxylation is 1. The molecule has 1 aromatic rings. The highest BCUT2D eigenvalue weighted by Crippen LogP contribution is 2.20. The third-order valence-corrected chi connectivity index (χ3v) is 2.15. The normalized spacial score (nSPS) is 12.2. The standard InChI is InChI=1S/C11H12FN/c1-3-9-4-5-10(12)6-11(9)8(2)7-13/h4-6,8H,3H2,1-2H3. The Morgan fingerprint density at radius 3 is 2.77 bits per heavy atom. The summed E-state index contributed by atoms with van der Waals surface area (Å²) in [7, 11) is 0. The highest BCUT2D eigenvalue weighted by molar-refractivity contribution is 5.33. The van der Waals surface area contributed by atoms with Crippen LogP contribution in [-0.2, 0) is 6.42 Å². The molecule has 0 heterocycles. The second-order valence-electron chi connectivity index (χ2n) is 3.05. The van der Waals surface area contributed by atoms with Gasteiger partial charge in [0.25, 0.3) is 0 Å². The van der Waals surface area contributed by atoms with Crippen LogP contribution in [0, 0.1) is 17.1 Å². The molecule has 1 atom stereocenters. The molecule has 2 heteroatoms. The average Bonchev–Trinajstić information content (AvgIpc) is 2.16. The maximum Gasteiger partial charge on any atom is 0.123 e. The van der Waals surface area contributed by atoms with Gasteiger partial charge in [-0.05, 0) is 36.6 Å². The van der Waals surface area contributed by atoms with Gasteiger partial charge in [-0.3, -0.25) is 0 Å². The fraction of sp³-hybridized carbons (Fsp3) is 0.364. The van der Waals surface area contributed by atoms with E-state index in [4.69, 9.17) is 5.26 Å². The van der Waals surface area contributed by atoms with Crippen molar-refractivity contribution in [2.45, 2.75) is 26.2 Å². The smallest absolute Gasteiger partial charge is 0.123 e. The summed E-state index contributed by atoms with van der Waals surface area (Å²) in [6, 6.07) is 6.75. The molecule has 0 saturated carbocycles. The van der Waals surface area contributed by atoms with Gasteiger partial charge in [-0.25, -0.2) is 4.39 Å². The van der Waals surface area contributed by atoms with Crippen molar-refractivity contribution in [2.75, 3.05) is 0 Å². The molecule has 0 fully saturated rings. The first kappa shape index (κ1) is 9.73. The van der Waals surface area contributed by atoms with Gasteiger partial charge in [-0.1, -0.05) is 13.0 Å². The minimum Gasteiger partial charge on any atom is -0.207 e. The molecule has 68 valence electrons. The molecule has 0 aliphatic carbocycles. The summed E-state index contributed by atoms with van der Waals surface area (Å²) in [5.74, 6) is -0.500. The number of nitriles is 1. The van der Waals surface area contributed by atoms with Gasteiger partial charge in [0.2, 0.25) is 0 Å². The lowest BCUT2D eigenvalue weighted by Crippen LogP contribution is -1.97. The van der Waals surface area contributed by atoms with Crippen molar-refractivity contribution in [1.29, 1.82) is 5.26 Å². The van der Waals surface area contributed by atoms with Gasteiger partial charge in [0.05, 0.1) is 12.0 Å². The topological polar surface area (TPSA) is 23.8 Å². The Morgan fingerprint density at radius 2 is 2.23 bits per heavy atom. The van der Waals surface area contributed by atoms with Gasteiger partial charge in [0.1, 0.15) is 5.82 Å². The molecule has 1 unspecified atom stereocenters. The molecule has 0 N–H and O–H groups in total. The zero-order valence-corrected chi connectivity index (χ0v) is 7.84. The van der Waals surface area contributed by atoms with E-state index < -0.39 is 0 Å². The van der Waals surface area contributed by atoms with E-state index in [1.165, 1.54) is 12.1 Å². The lowest BCUT2D eigenvalue weighted by molar-refractivity contribution is 0.623. The monoisotopic (exact) mass is 177 g/mol. The maximum atomic E-state index is 12.9. The van der Waals surface area contributed by atoms with Gasteiger partial charge in [0, 0.05) is 0 Å². The first-order chi connectivity index (χ1) is 6.19. The minimum absolute atomic E-state index is 0.231. The number of nitrogens with zero attached hydrogens (tertiary/aromatic N) is 1. The third-order valence-electron chi connectivity index (χ3n) is 2.15. The summed E-state index contributed by atoms with van der Waals surface area (Å²) in [6.45, 7) is 3.79. The van der Waals surface area contributed by atoms with Crippen molar-refractivity contribution in [3.63, 3.8) is 0 Å². The quantitative estimate of drug-likeness (QED) is 0.681. The SMILES string of the molecule is CCc1ccc(F)cc1C(C)C#N. The third kappa shape index (κ3) is 2.06. The highest BCUT2D eigenvalue weighted by Gasteiger charge is 2.09. The van der Waals surface area contributed by atoms with Crippen LogP contribution in [0.2, 0.25) is 0 Å². The van der Waals surface area contributed by atoms with Crippen molar-refractivity contribution in [3.8, 4) is 6.07 Å². The molecule has 1 aromatic carbocycles. The van der Waals surface area contributed by atoms with Gasteiger partial charge < -0.3 is 0 Å². The molecule has 1 rings (SSSR count). The van der Waals surface area contributed by atoms with E-state index in [-0.39, 0.29) is 11.7 Å². The Bertz CT molecular complexity index is 338. The van der Waals surface area contributed by atoms with E-state index in [0.29, 0.717) is 0 Å². The minimum atomic E-state index is -0.269. The molecule has 1 nitrogen and oxygen atoms in total. The predicted octanol–water partition coefficient (Wildman–Crippen LogP) is 3.02. The van der Waals surface area contributed by atoms with Crippen LogP contribution >= 0.6 is 0 Å². The summed E-state index contributed by atoms with van der Waals surface area (Å²) in [6.07, 6.45) is 0.835. The first-order valence-electron chi connectivity index (χ1n) is 4.37. The predicted molar refractivity (Wildman–Crippen MR) is 49.8 cm³/mol. The highest BCUT2D eigenvalue weighted by atomic mass is 19.1. The summed E-state index contributed by atoms with van der Waals surface area (Å²) in [5, 5.41) is 8.73. The fourth-order valence-electron chi connectivity index (χ4n) is 1.36. The zero-order valence-electron chi connectivity index (χ0n) is 7.84. The van der Waals surface area contributed by atoms with Crippen LogP contribution in [-0.4, -0.2) is 0 Å². The fourth-order valence-corrected chi connectivity index (χ4v) is 1.36. The molecular weight excluding hydrogens is 165 g/mol. The number of benzene rings is 1. The van der Waals surface area contributed by atoms with Gasteiger partial charge in [-0.15, -0.1) is 0 Å². The molecule has 0 saturated heterocycles. The number of halogens is 1. The van der Waals surface area contributed by atoms with Crippen LogP contribution in [0.5, 0.6) is 0 Å². The number of rotatable bonds is 2. The molecule has 0 radical (unpaired) electrons. The second kappa shape index (κ2) is 4.04. The summed E-state index contributed by atoms with van der Waals surface area (Å²) >= 11 is 0. The lowest BCUT2D eigenvalue weighted by Gasteiger charge is -2.08. The molecular formula is C11H12FN. The zero-order chi connectivity index (χ0) is 9.84. The molecule has 0 bridgehead atoms. The van der Waals surface area contributed by atoms with E-state index >= 15 is 0 Å². The van der Waals surface area contributed by atoms with Gasteiger partial charge in [-0.2, -0.15) is 5.26 Å². The van der Waals surface area contributed by atoms with Crippen molar-refractivity contribution < 1.29 is 4.39 Å². The lowest BCUT2D eigenvalue weighted by atomic mass is 9.95. The van der Waals surface area contributed by atoms with Crippen LogP contribution in [0.1, 0.15) is 30.9 Å². The molecule has 0 amide bonds. The van der Waals surface area contributed by atoms with Crippen LogP contribution in [0.3, 0.4) is 0 Å². The summed E-state index contributed by atoms with van der Waals surface area (Å²) in [5.41, 5.74) is 1.86. The van der Waals surface area contributed by atoms with E-state index in [0.717, 1.165) is 17.5 Å². The van der Waals surface area contributed by atoms with Crippen LogP contribution < -0.4 is 0 Å². The van der Waals surface area contributed by atoms with E-state index in [1.54, 1.807) is 13.0 Å². The van der Waals surface area contributed by atoms with Crippen LogP contribution in [0.4, 0.5) is 4.39 Å². The Kier molecular flexibility index (Phi) is 3.02. The van der Waals surface area contributed by atoms with Crippen LogP contribution in [0.15, 0.2) is 18.2 Å². The van der Waals surface area contributed by atoms with Crippen molar-refractivity contribution in [2.24, 2.45) is 0 Å². The molecule has 0 aromatic heterocycles. The van der Waals surface area contributed by atoms with Crippen LogP contribution in [0.25, 0.3) is 0 Å². The molecule has 0 aliphatic rings. The Hall–Kier alpha value is -1.36. The van der Waals surface area contributed by atoms with Gasteiger partial charge in [0.15, 0.2) is 0 Å². The molecule has 0 aliphatic heterocycles.